The van der Waals surface area contributed by atoms with Crippen molar-refractivity contribution in [2.24, 2.45) is 11.1 Å². The first-order valence-electron chi connectivity index (χ1n) is 7.29. The molecule has 1 heterocycles. The van der Waals surface area contributed by atoms with Gasteiger partial charge in [0.05, 0.1) is 6.10 Å². The van der Waals surface area contributed by atoms with Crippen molar-refractivity contribution in [2.45, 2.75) is 63.0 Å². The molecule has 4 heteroatoms. The zero-order valence-corrected chi connectivity index (χ0v) is 11.0. The molecule has 0 aromatic heterocycles. The second-order valence-electron chi connectivity index (χ2n) is 6.67. The number of carbonyl (C=O) groups excluding carboxylic acids is 1. The lowest BCUT2D eigenvalue weighted by molar-refractivity contribution is -0.151. The Morgan fingerprint density at radius 3 is 2.06 bits per heavy atom. The molecule has 1 amide bonds. The van der Waals surface area contributed by atoms with Crippen LogP contribution in [0.15, 0.2) is 0 Å². The Morgan fingerprint density at radius 1 is 1.06 bits per heavy atom. The zero-order valence-electron chi connectivity index (χ0n) is 11.0. The van der Waals surface area contributed by atoms with E-state index in [9.17, 15) is 9.90 Å². The van der Waals surface area contributed by atoms with E-state index >= 15 is 0 Å². The van der Waals surface area contributed by atoms with Crippen molar-refractivity contribution in [3.8, 4) is 0 Å². The van der Waals surface area contributed by atoms with Crippen LogP contribution in [0.4, 0.5) is 0 Å². The monoisotopic (exact) mass is 252 g/mol. The smallest absolute Gasteiger partial charge is 0.228 e. The summed E-state index contributed by atoms with van der Waals surface area (Å²) in [6.45, 7) is 1.46. The fourth-order valence-electron chi connectivity index (χ4n) is 3.94. The number of fused-ring (bicyclic) bond motifs is 3. The fraction of sp³-hybridized carbons (Fsp3) is 0.929. The predicted octanol–water partition coefficient (Wildman–Crippen LogP) is 1.02. The highest BCUT2D eigenvalue weighted by Gasteiger charge is 2.52. The van der Waals surface area contributed by atoms with Crippen LogP contribution in [-0.4, -0.2) is 40.6 Å². The van der Waals surface area contributed by atoms with Gasteiger partial charge in [0.2, 0.25) is 5.91 Å². The number of likely N-dealkylation sites (tertiary alicyclic amines) is 1. The largest absolute Gasteiger partial charge is 0.393 e. The summed E-state index contributed by atoms with van der Waals surface area (Å²) >= 11 is 0. The van der Waals surface area contributed by atoms with Gasteiger partial charge in [-0.2, -0.15) is 0 Å². The molecule has 4 nitrogen and oxygen atoms in total. The Labute approximate surface area is 109 Å². The van der Waals surface area contributed by atoms with Crippen molar-refractivity contribution < 1.29 is 9.90 Å². The highest BCUT2D eigenvalue weighted by atomic mass is 16.3. The quantitative estimate of drug-likeness (QED) is 0.732. The minimum atomic E-state index is -0.207. The first-order valence-corrected chi connectivity index (χ1v) is 7.29. The Balaban J connectivity index is 1.69. The molecule has 3 N–H and O–H groups in total. The average Bonchev–Trinajstić information content (AvgIpc) is 2.40. The van der Waals surface area contributed by atoms with Crippen LogP contribution < -0.4 is 5.73 Å². The van der Waals surface area contributed by atoms with E-state index in [1.165, 1.54) is 0 Å². The summed E-state index contributed by atoms with van der Waals surface area (Å²) in [7, 11) is 0. The van der Waals surface area contributed by atoms with Crippen molar-refractivity contribution in [3.63, 3.8) is 0 Å². The molecule has 0 radical (unpaired) electrons. The lowest BCUT2D eigenvalue weighted by Crippen LogP contribution is -2.58. The number of aliphatic hydroxyl groups excluding tert-OH is 1. The van der Waals surface area contributed by atoms with Crippen molar-refractivity contribution in [1.82, 2.24) is 4.90 Å². The number of piperidine rings is 1. The Hall–Kier alpha value is -0.610. The number of carbonyl (C=O) groups is 1. The van der Waals surface area contributed by atoms with Crippen LogP contribution in [0.3, 0.4) is 0 Å². The molecule has 0 unspecified atom stereocenters. The molecule has 102 valence electrons. The lowest BCUT2D eigenvalue weighted by atomic mass is 9.57. The summed E-state index contributed by atoms with van der Waals surface area (Å²) in [5, 5.41) is 9.53. The summed E-state index contributed by atoms with van der Waals surface area (Å²) in [6.07, 6.45) is 7.22. The third kappa shape index (κ3) is 1.95. The molecule has 1 saturated heterocycles. The van der Waals surface area contributed by atoms with Crippen molar-refractivity contribution in [3.05, 3.63) is 0 Å². The highest BCUT2D eigenvalue weighted by molar-refractivity contribution is 5.83. The van der Waals surface area contributed by atoms with Crippen molar-refractivity contribution in [1.29, 1.82) is 0 Å². The number of rotatable bonds is 1. The van der Waals surface area contributed by atoms with Gasteiger partial charge < -0.3 is 15.7 Å². The van der Waals surface area contributed by atoms with E-state index in [0.29, 0.717) is 5.91 Å². The van der Waals surface area contributed by atoms with Crippen LogP contribution in [0.25, 0.3) is 0 Å². The molecule has 0 aromatic rings. The van der Waals surface area contributed by atoms with Gasteiger partial charge in [0.15, 0.2) is 0 Å². The van der Waals surface area contributed by atoms with Crippen LogP contribution in [0.5, 0.6) is 0 Å². The van der Waals surface area contributed by atoms with E-state index in [0.717, 1.165) is 64.5 Å². The minimum absolute atomic E-state index is 0.0279. The van der Waals surface area contributed by atoms with Gasteiger partial charge in [-0.15, -0.1) is 0 Å². The lowest BCUT2D eigenvalue weighted by Gasteiger charge is -2.52. The molecule has 0 spiro atoms. The molecule has 0 aromatic carbocycles. The summed E-state index contributed by atoms with van der Waals surface area (Å²) in [6, 6.07) is 0. The summed E-state index contributed by atoms with van der Waals surface area (Å²) in [4.78, 5) is 14.7. The molecule has 4 fully saturated rings. The maximum Gasteiger partial charge on any atom is 0.228 e. The molecule has 0 atom stereocenters. The number of amides is 1. The standard InChI is InChI=1S/C14H24N2O2/c15-14-6-3-13(4-7-14,5-8-14)12(18)16-9-1-11(17)2-10-16/h11,17H,1-10,15H2. The summed E-state index contributed by atoms with van der Waals surface area (Å²) < 4.78 is 0. The molecular weight excluding hydrogens is 228 g/mol. The summed E-state index contributed by atoms with van der Waals surface area (Å²) in [5.41, 5.74) is 6.21. The Morgan fingerprint density at radius 2 is 1.56 bits per heavy atom. The first kappa shape index (κ1) is 12.4. The molecule has 1 aliphatic heterocycles. The Kier molecular flexibility index (Phi) is 2.90. The molecule has 3 saturated carbocycles. The Bertz CT molecular complexity index is 323. The van der Waals surface area contributed by atoms with E-state index in [2.05, 4.69) is 0 Å². The number of hydrogen-bond acceptors (Lipinski definition) is 3. The first-order chi connectivity index (χ1) is 8.53. The van der Waals surface area contributed by atoms with Gasteiger partial charge >= 0.3 is 0 Å². The van der Waals surface area contributed by atoms with Crippen LogP contribution in [0.1, 0.15) is 51.4 Å². The minimum Gasteiger partial charge on any atom is -0.393 e. The molecule has 18 heavy (non-hydrogen) atoms. The van der Waals surface area contributed by atoms with E-state index in [1.807, 2.05) is 4.90 Å². The van der Waals surface area contributed by atoms with E-state index in [1.54, 1.807) is 0 Å². The second-order valence-corrected chi connectivity index (χ2v) is 6.67. The van der Waals surface area contributed by atoms with Crippen LogP contribution in [0, 0.1) is 5.41 Å². The topological polar surface area (TPSA) is 66.6 Å². The van der Waals surface area contributed by atoms with Crippen molar-refractivity contribution in [2.75, 3.05) is 13.1 Å². The maximum absolute atomic E-state index is 12.7. The van der Waals surface area contributed by atoms with E-state index < -0.39 is 0 Å². The third-order valence-corrected chi connectivity index (χ3v) is 5.51. The number of hydrogen-bond donors (Lipinski definition) is 2. The molecule has 2 bridgehead atoms. The average molecular weight is 252 g/mol. The van der Waals surface area contributed by atoms with Crippen LogP contribution in [0.2, 0.25) is 0 Å². The molecule has 4 aliphatic rings. The molecular formula is C14H24N2O2. The second kappa shape index (κ2) is 4.20. The van der Waals surface area contributed by atoms with Gasteiger partial charge in [0.25, 0.3) is 0 Å². The van der Waals surface area contributed by atoms with Gasteiger partial charge in [0.1, 0.15) is 0 Å². The van der Waals surface area contributed by atoms with E-state index in [-0.39, 0.29) is 17.1 Å². The van der Waals surface area contributed by atoms with Crippen molar-refractivity contribution >= 4 is 5.91 Å². The van der Waals surface area contributed by atoms with Crippen LogP contribution in [-0.2, 0) is 4.79 Å². The summed E-state index contributed by atoms with van der Waals surface area (Å²) in [5.74, 6) is 0.344. The van der Waals surface area contributed by atoms with E-state index in [4.69, 9.17) is 5.73 Å². The zero-order chi connectivity index (χ0) is 12.8. The van der Waals surface area contributed by atoms with Gasteiger partial charge in [-0.25, -0.2) is 0 Å². The third-order valence-electron chi connectivity index (χ3n) is 5.51. The number of nitrogens with zero attached hydrogens (tertiary/aromatic N) is 1. The maximum atomic E-state index is 12.7. The van der Waals surface area contributed by atoms with Gasteiger partial charge in [-0.3, -0.25) is 4.79 Å². The van der Waals surface area contributed by atoms with Gasteiger partial charge in [-0.1, -0.05) is 0 Å². The molecule has 3 aliphatic carbocycles. The predicted molar refractivity (Wildman–Crippen MR) is 68.9 cm³/mol. The fourth-order valence-corrected chi connectivity index (χ4v) is 3.94. The highest BCUT2D eigenvalue weighted by Crippen LogP contribution is 2.52. The normalized spacial score (nSPS) is 41.1. The number of nitrogens with two attached hydrogens (primary N) is 1. The van der Waals surface area contributed by atoms with Gasteiger partial charge in [-0.05, 0) is 51.4 Å². The van der Waals surface area contributed by atoms with Crippen LogP contribution >= 0.6 is 0 Å². The SMILES string of the molecule is NC12CCC(C(=O)N3CCC(O)CC3)(CC1)CC2. The molecule has 4 rings (SSSR count). The number of aliphatic hydroxyl groups is 1. The van der Waals surface area contributed by atoms with Gasteiger partial charge in [0, 0.05) is 24.0 Å².